The van der Waals surface area contributed by atoms with Crippen LogP contribution in [0.25, 0.3) is 46.1 Å². The molecule has 34 nitrogen and oxygen atoms in total. The van der Waals surface area contributed by atoms with E-state index in [1.807, 2.05) is 115 Å². The minimum absolute atomic E-state index is 0.125. The minimum Gasteiger partial charge on any atom is -0.350 e. The van der Waals surface area contributed by atoms with Gasteiger partial charge in [-0.2, -0.15) is 39.9 Å². The molecule has 2 saturated heterocycles. The number of benzene rings is 3. The Bertz CT molecular complexity index is 5570. The van der Waals surface area contributed by atoms with Crippen LogP contribution in [0.5, 0.6) is 0 Å². The molecule has 0 saturated carbocycles. The van der Waals surface area contributed by atoms with Gasteiger partial charge in [0.2, 0.25) is 35.6 Å². The molecule has 3 aromatic carbocycles. The van der Waals surface area contributed by atoms with E-state index in [9.17, 15) is 24.0 Å². The summed E-state index contributed by atoms with van der Waals surface area (Å²) in [7, 11) is 6.07. The average molecular weight is 1620 g/mol. The number of aromatic nitrogens is 19. The Morgan fingerprint density at radius 3 is 1.17 bits per heavy atom. The molecule has 2 aliphatic heterocycles. The second-order valence-corrected chi connectivity index (χ2v) is 28.0. The molecule has 12 heterocycles. The molecule has 2 fully saturated rings. The van der Waals surface area contributed by atoms with Gasteiger partial charge in [0.05, 0.1) is 21.8 Å². The third kappa shape index (κ3) is 25.4. The number of anilines is 5. The van der Waals surface area contributed by atoms with Crippen LogP contribution >= 0.6 is 11.6 Å². The maximum absolute atomic E-state index is 12.7. The van der Waals surface area contributed by atoms with Gasteiger partial charge in [0.15, 0.2) is 23.3 Å². The van der Waals surface area contributed by atoms with E-state index in [0.717, 1.165) is 94.4 Å². The van der Waals surface area contributed by atoms with E-state index >= 15 is 0 Å². The first kappa shape index (κ1) is 84.2. The number of halogens is 1. The fourth-order valence-corrected chi connectivity index (χ4v) is 12.2. The zero-order valence-electron chi connectivity index (χ0n) is 66.7. The Labute approximate surface area is 691 Å². The summed E-state index contributed by atoms with van der Waals surface area (Å²) < 4.78 is 0. The minimum atomic E-state index is -0.381. The highest BCUT2D eigenvalue weighted by Gasteiger charge is 2.22. The highest BCUT2D eigenvalue weighted by atomic mass is 35.5. The van der Waals surface area contributed by atoms with Gasteiger partial charge in [0, 0.05) is 140 Å². The first-order chi connectivity index (χ1) is 57.6. The molecule has 35 heteroatoms. The molecule has 0 aliphatic carbocycles. The lowest BCUT2D eigenvalue weighted by Gasteiger charge is -2.34. The SMILES string of the molecule is CC(=O)N1CCN(Cc2ccc(C(=O)Nc3nc(C)nc(-c4ccccn4)n3)cc2)CC1.Cc1nc(NC(=O)c2ccc(CN(C)C)cc2Cl)nc(-c2ccccn2)n1.Cc1nc(NC(=O)c2ccc(CN3CCN(C)CC3)nc2)nc(-c2ccccn2)n1.Cc1nc(NC(=O)c2ccc(CNc3ncccn3)cc2)nc(-c2ccccn2)n1. The quantitative estimate of drug-likeness (QED) is 0.0446. The summed E-state index contributed by atoms with van der Waals surface area (Å²) in [5, 5.41) is 14.4. The zero-order valence-corrected chi connectivity index (χ0v) is 67.4. The number of pyridine rings is 5. The number of rotatable bonds is 21. The molecule has 0 radical (unpaired) electrons. The molecule has 604 valence electrons. The topological polar surface area (TPSA) is 407 Å². The second kappa shape index (κ2) is 41.4. The molecule has 5 N–H and O–H groups in total. The number of nitrogens with one attached hydrogen (secondary N) is 5. The van der Waals surface area contributed by atoms with Gasteiger partial charge in [-0.15, -0.1) is 0 Å². The lowest BCUT2D eigenvalue weighted by Crippen LogP contribution is -2.47. The van der Waals surface area contributed by atoms with Gasteiger partial charge < -0.3 is 20.0 Å². The van der Waals surface area contributed by atoms with Crippen molar-refractivity contribution in [2.45, 2.75) is 60.8 Å². The highest BCUT2D eigenvalue weighted by molar-refractivity contribution is 6.34. The normalized spacial score (nSPS) is 12.7. The van der Waals surface area contributed by atoms with Gasteiger partial charge in [0.25, 0.3) is 23.6 Å². The van der Waals surface area contributed by atoms with Gasteiger partial charge in [-0.25, -0.2) is 29.9 Å². The lowest BCUT2D eigenvalue weighted by atomic mass is 10.1. The van der Waals surface area contributed by atoms with E-state index in [4.69, 9.17) is 11.6 Å². The molecular formula is C84H86ClN29O5. The maximum Gasteiger partial charge on any atom is 0.259 e. The van der Waals surface area contributed by atoms with Crippen LogP contribution in [0.3, 0.4) is 0 Å². The van der Waals surface area contributed by atoms with Crippen molar-refractivity contribution >= 4 is 70.9 Å². The summed E-state index contributed by atoms with van der Waals surface area (Å²) in [5.41, 5.74) is 8.35. The predicted molar refractivity (Wildman–Crippen MR) is 449 cm³/mol. The Morgan fingerprint density at radius 2 is 0.773 bits per heavy atom. The molecule has 0 bridgehead atoms. The van der Waals surface area contributed by atoms with Crippen LogP contribution in [-0.2, 0) is 31.0 Å². The smallest absolute Gasteiger partial charge is 0.259 e. The fraction of sp³-hybridized carbons (Fsp3) is 0.238. The summed E-state index contributed by atoms with van der Waals surface area (Å²) in [6.07, 6.45) is 11.6. The van der Waals surface area contributed by atoms with E-state index in [-0.39, 0.29) is 53.3 Å². The standard InChI is InChI=1S/C23H25N7O2.C21H24N8O.C21H18N8O.C19H19ClN6O/c1-16-25-21(20-5-3-4-10-24-20)27-23(26-16)28-22(32)19-8-6-18(7-9-19)15-29-11-13-30(14-12-29)17(2)31;1-15-24-19(18-5-3-4-8-22-18)26-21(25-15)27-20(30)16-6-7-17(23-13-16)14-29-11-9-28(2)10-12-29;1-14-26-18(17-5-2-3-10-22-17)28-21(27-14)29-19(30)16-8-6-15(7-9-16)13-25-20-23-11-4-12-24-20;1-12-22-17(16-6-4-5-9-21-16)24-19(23-12)25-18(27)14-8-7-13(10-15(14)20)11-26(2)3/h3-10H,11-15H2,1-2H3,(H,25,26,27,28,32);3-8,13H,9-12,14H2,1-2H3,(H,24,25,26,27,30);2-12H,13H2,1H3,(H,23,24,25)(H,26,27,28,29,30);4-10H,11H2,1-3H3,(H,22,23,24,25,27). The summed E-state index contributed by atoms with van der Waals surface area (Å²) >= 11 is 6.29. The first-order valence-corrected chi connectivity index (χ1v) is 38.3. The summed E-state index contributed by atoms with van der Waals surface area (Å²) in [4.78, 5) is 154. The van der Waals surface area contributed by atoms with Gasteiger partial charge >= 0.3 is 0 Å². The first-order valence-electron chi connectivity index (χ1n) is 37.9. The van der Waals surface area contributed by atoms with Crippen molar-refractivity contribution in [3.63, 3.8) is 0 Å². The lowest BCUT2D eigenvalue weighted by molar-refractivity contribution is -0.130. The summed E-state index contributed by atoms with van der Waals surface area (Å²) in [6, 6.07) is 47.3. The molecule has 0 unspecified atom stereocenters. The van der Waals surface area contributed by atoms with Gasteiger partial charge in [-0.1, -0.05) is 66.2 Å². The van der Waals surface area contributed by atoms with E-state index in [0.29, 0.717) is 109 Å². The molecule has 0 spiro atoms. The summed E-state index contributed by atoms with van der Waals surface area (Å²) in [6.45, 7) is 18.8. The number of carbonyl (C=O) groups excluding carboxylic acids is 5. The number of carbonyl (C=O) groups is 5. The number of nitrogens with zero attached hydrogens (tertiary/aromatic N) is 24. The van der Waals surface area contributed by atoms with E-state index in [1.54, 1.807) is 145 Å². The van der Waals surface area contributed by atoms with Crippen molar-refractivity contribution in [3.8, 4) is 46.1 Å². The molecular weight excluding hydrogens is 1530 g/mol. The summed E-state index contributed by atoms with van der Waals surface area (Å²) in [5.74, 6) is 3.70. The van der Waals surface area contributed by atoms with Crippen LogP contribution in [0.4, 0.5) is 29.7 Å². The van der Waals surface area contributed by atoms with Crippen LogP contribution in [0.15, 0.2) is 201 Å². The van der Waals surface area contributed by atoms with Crippen LogP contribution in [0.2, 0.25) is 5.02 Å². The van der Waals surface area contributed by atoms with E-state index < -0.39 is 0 Å². The van der Waals surface area contributed by atoms with Gasteiger partial charge in [0.1, 0.15) is 46.1 Å². The number of aryl methyl sites for hydroxylation is 4. The number of amides is 5. The third-order valence-electron chi connectivity index (χ3n) is 18.0. The maximum atomic E-state index is 12.7. The average Bonchev–Trinajstić information content (AvgIpc) is 0.839. The highest BCUT2D eigenvalue weighted by Crippen LogP contribution is 2.24. The van der Waals surface area contributed by atoms with Gasteiger partial charge in [-0.05, 0) is 169 Å². The molecule has 0 atom stereocenters. The molecule has 119 heavy (non-hydrogen) atoms. The monoisotopic (exact) mass is 1620 g/mol. The third-order valence-corrected chi connectivity index (χ3v) is 18.3. The molecule has 10 aromatic heterocycles. The van der Waals surface area contributed by atoms with Crippen molar-refractivity contribution in [3.05, 3.63) is 274 Å². The van der Waals surface area contributed by atoms with Crippen LogP contribution in [0.1, 0.15) is 94.0 Å². The number of hydrogen-bond donors (Lipinski definition) is 5. The van der Waals surface area contributed by atoms with E-state index in [1.165, 1.54) is 0 Å². The second-order valence-electron chi connectivity index (χ2n) is 27.6. The molecule has 13 aromatic rings. The van der Waals surface area contributed by atoms with Crippen LogP contribution in [0, 0.1) is 27.7 Å². The van der Waals surface area contributed by atoms with Crippen molar-refractivity contribution in [2.24, 2.45) is 0 Å². The Kier molecular flexibility index (Phi) is 29.3. The molecule has 15 rings (SSSR count). The molecule has 5 amide bonds. The number of likely N-dealkylation sites (N-methyl/N-ethyl adjacent to an activating group) is 1. The Balaban J connectivity index is 0.000000146. The number of piperazine rings is 2. The zero-order chi connectivity index (χ0) is 83.6. The van der Waals surface area contributed by atoms with Gasteiger partial charge in [-0.3, -0.25) is 80.0 Å². The predicted octanol–water partition coefficient (Wildman–Crippen LogP) is 9.90. The Morgan fingerprint density at radius 1 is 0.387 bits per heavy atom. The largest absolute Gasteiger partial charge is 0.350 e. The fourth-order valence-electron chi connectivity index (χ4n) is 12.0. The van der Waals surface area contributed by atoms with Crippen molar-refractivity contribution in [1.29, 1.82) is 0 Å². The van der Waals surface area contributed by atoms with Crippen LogP contribution in [-0.4, -0.2) is 222 Å². The van der Waals surface area contributed by atoms with E-state index in [2.05, 4.69) is 143 Å². The number of hydrogen-bond acceptors (Lipinski definition) is 29. The van der Waals surface area contributed by atoms with Crippen molar-refractivity contribution < 1.29 is 24.0 Å². The van der Waals surface area contributed by atoms with Crippen molar-refractivity contribution in [2.75, 3.05) is 100 Å². The van der Waals surface area contributed by atoms with Crippen molar-refractivity contribution in [1.82, 2.24) is 119 Å². The van der Waals surface area contributed by atoms with Crippen LogP contribution < -0.4 is 26.6 Å². The molecule has 2 aliphatic rings. The Hall–Kier alpha value is -14.2.